The van der Waals surface area contributed by atoms with Crippen LogP contribution < -0.4 is 19.1 Å². The second-order valence-corrected chi connectivity index (χ2v) is 8.30. The molecule has 0 unspecified atom stereocenters. The fourth-order valence-electron chi connectivity index (χ4n) is 3.40. The number of hydrogen-bond acceptors (Lipinski definition) is 5. The first-order valence-corrected chi connectivity index (χ1v) is 10.5. The number of fused-ring (bicyclic) bond motifs is 1. The summed E-state index contributed by atoms with van der Waals surface area (Å²) in [5.74, 6) is 0.412. The van der Waals surface area contributed by atoms with Gasteiger partial charge >= 0.3 is 0 Å². The highest BCUT2D eigenvalue weighted by Gasteiger charge is 2.22. The van der Waals surface area contributed by atoms with E-state index in [-0.39, 0.29) is 10.6 Å². The summed E-state index contributed by atoms with van der Waals surface area (Å²) in [6, 6.07) is 8.65. The van der Waals surface area contributed by atoms with Crippen LogP contribution in [0.5, 0.6) is 11.5 Å². The van der Waals surface area contributed by atoms with Crippen LogP contribution in [0.15, 0.2) is 41.3 Å². The molecule has 144 valence electrons. The van der Waals surface area contributed by atoms with Crippen molar-refractivity contribution in [2.24, 2.45) is 0 Å². The lowest BCUT2D eigenvalue weighted by Crippen LogP contribution is -2.30. The van der Waals surface area contributed by atoms with Crippen molar-refractivity contribution in [2.75, 3.05) is 35.9 Å². The Morgan fingerprint density at radius 2 is 1.67 bits per heavy atom. The molecule has 2 aromatic rings. The summed E-state index contributed by atoms with van der Waals surface area (Å²) in [4.78, 5) is 2.13. The van der Waals surface area contributed by atoms with Gasteiger partial charge in [-0.05, 0) is 43.5 Å². The molecule has 0 radical (unpaired) electrons. The number of rotatable bonds is 4. The molecule has 1 N–H and O–H groups in total. The number of ether oxygens (including phenoxy) is 2. The van der Waals surface area contributed by atoms with Gasteiger partial charge in [0.25, 0.3) is 10.0 Å². The molecule has 2 heterocycles. The molecule has 0 saturated carbocycles. The molecule has 0 bridgehead atoms. The van der Waals surface area contributed by atoms with Gasteiger partial charge in [-0.25, -0.2) is 12.8 Å². The first-order valence-electron chi connectivity index (χ1n) is 9.00. The van der Waals surface area contributed by atoms with E-state index in [2.05, 4.69) is 9.62 Å². The standard InChI is InChI=1S/C19H21FN2O4S/c20-14-4-6-17(22-8-2-1-3-9-22)16(12-14)21-27(23,24)15-5-7-18-19(13-15)26-11-10-25-18/h4-7,12-13,21H,1-3,8-11H2. The lowest BCUT2D eigenvalue weighted by molar-refractivity contribution is 0.171. The number of hydrogen-bond donors (Lipinski definition) is 1. The Bertz CT molecular complexity index is 943. The van der Waals surface area contributed by atoms with E-state index in [0.29, 0.717) is 30.4 Å². The highest BCUT2D eigenvalue weighted by molar-refractivity contribution is 7.92. The lowest BCUT2D eigenvalue weighted by atomic mass is 10.1. The van der Waals surface area contributed by atoms with Gasteiger partial charge < -0.3 is 14.4 Å². The molecule has 4 rings (SSSR count). The van der Waals surface area contributed by atoms with Crippen LogP contribution in [0.4, 0.5) is 15.8 Å². The van der Waals surface area contributed by atoms with Gasteiger partial charge in [0, 0.05) is 25.2 Å². The van der Waals surface area contributed by atoms with Gasteiger partial charge in [-0.3, -0.25) is 4.72 Å². The Balaban J connectivity index is 1.65. The van der Waals surface area contributed by atoms with Crippen LogP contribution in [0, 0.1) is 5.82 Å². The maximum atomic E-state index is 13.8. The number of nitrogens with one attached hydrogen (secondary N) is 1. The molecular weight excluding hydrogens is 371 g/mol. The molecule has 2 aliphatic rings. The SMILES string of the molecule is O=S(=O)(Nc1cc(F)ccc1N1CCCCC1)c1ccc2c(c1)OCCO2. The van der Waals surface area contributed by atoms with Crippen molar-refractivity contribution in [3.05, 3.63) is 42.2 Å². The van der Waals surface area contributed by atoms with Crippen molar-refractivity contribution < 1.29 is 22.3 Å². The van der Waals surface area contributed by atoms with E-state index in [1.54, 1.807) is 12.1 Å². The van der Waals surface area contributed by atoms with Crippen molar-refractivity contribution in [1.82, 2.24) is 0 Å². The molecule has 2 aliphatic heterocycles. The first kappa shape index (κ1) is 17.9. The van der Waals surface area contributed by atoms with Crippen LogP contribution in [0.1, 0.15) is 19.3 Å². The van der Waals surface area contributed by atoms with Crippen molar-refractivity contribution in [3.63, 3.8) is 0 Å². The van der Waals surface area contributed by atoms with Crippen molar-refractivity contribution in [1.29, 1.82) is 0 Å². The summed E-state index contributed by atoms with van der Waals surface area (Å²) in [6.07, 6.45) is 3.22. The maximum Gasteiger partial charge on any atom is 0.262 e. The van der Waals surface area contributed by atoms with Crippen molar-refractivity contribution in [2.45, 2.75) is 24.2 Å². The topological polar surface area (TPSA) is 67.9 Å². The molecule has 0 aromatic heterocycles. The predicted molar refractivity (Wildman–Crippen MR) is 101 cm³/mol. The Kier molecular flexibility index (Phi) is 4.82. The minimum atomic E-state index is -3.90. The zero-order valence-corrected chi connectivity index (χ0v) is 15.6. The summed E-state index contributed by atoms with van der Waals surface area (Å²) >= 11 is 0. The average Bonchev–Trinajstić information content (AvgIpc) is 2.68. The fraction of sp³-hybridized carbons (Fsp3) is 0.368. The highest BCUT2D eigenvalue weighted by Crippen LogP contribution is 2.35. The van der Waals surface area contributed by atoms with Gasteiger partial charge in [0.05, 0.1) is 16.3 Å². The minimum absolute atomic E-state index is 0.0422. The summed E-state index contributed by atoms with van der Waals surface area (Å²) in [5.41, 5.74) is 0.934. The number of halogens is 1. The maximum absolute atomic E-state index is 13.8. The molecule has 1 saturated heterocycles. The number of piperidine rings is 1. The van der Waals surface area contributed by atoms with Crippen LogP contribution in [0.2, 0.25) is 0 Å². The molecule has 6 nitrogen and oxygen atoms in total. The summed E-state index contributed by atoms with van der Waals surface area (Å²) in [5, 5.41) is 0. The molecular formula is C19H21FN2O4S. The van der Waals surface area contributed by atoms with Crippen LogP contribution in [-0.2, 0) is 10.0 Å². The number of sulfonamides is 1. The third-order valence-electron chi connectivity index (χ3n) is 4.72. The van der Waals surface area contributed by atoms with Gasteiger partial charge in [-0.2, -0.15) is 0 Å². The number of benzene rings is 2. The third-order valence-corrected chi connectivity index (χ3v) is 6.09. The van der Waals surface area contributed by atoms with E-state index in [0.717, 1.165) is 32.4 Å². The van der Waals surface area contributed by atoms with Gasteiger partial charge in [0.1, 0.15) is 19.0 Å². The Morgan fingerprint density at radius 1 is 0.926 bits per heavy atom. The average molecular weight is 392 g/mol. The Hall–Kier alpha value is -2.48. The summed E-state index contributed by atoms with van der Waals surface area (Å²) in [6.45, 7) is 2.45. The van der Waals surface area contributed by atoms with E-state index in [1.807, 2.05) is 0 Å². The third kappa shape index (κ3) is 3.80. The Morgan fingerprint density at radius 3 is 2.44 bits per heavy atom. The molecule has 1 fully saturated rings. The number of anilines is 2. The smallest absolute Gasteiger partial charge is 0.262 e. The van der Waals surface area contributed by atoms with Gasteiger partial charge in [-0.1, -0.05) is 0 Å². The van der Waals surface area contributed by atoms with Crippen LogP contribution in [0.25, 0.3) is 0 Å². The van der Waals surface area contributed by atoms with Gasteiger partial charge in [-0.15, -0.1) is 0 Å². The first-order chi connectivity index (χ1) is 13.0. The Labute approximate surface area is 157 Å². The monoisotopic (exact) mass is 392 g/mol. The molecule has 0 spiro atoms. The minimum Gasteiger partial charge on any atom is -0.486 e. The molecule has 0 aliphatic carbocycles. The van der Waals surface area contributed by atoms with Crippen LogP contribution in [0.3, 0.4) is 0 Å². The van der Waals surface area contributed by atoms with E-state index >= 15 is 0 Å². The fourth-order valence-corrected chi connectivity index (χ4v) is 4.48. The lowest BCUT2D eigenvalue weighted by Gasteiger charge is -2.30. The highest BCUT2D eigenvalue weighted by atomic mass is 32.2. The zero-order valence-electron chi connectivity index (χ0n) is 14.8. The second kappa shape index (κ2) is 7.26. The van der Waals surface area contributed by atoms with E-state index < -0.39 is 15.8 Å². The van der Waals surface area contributed by atoms with E-state index in [1.165, 1.54) is 24.3 Å². The zero-order chi connectivity index (χ0) is 18.9. The molecule has 0 amide bonds. The molecule has 0 atom stereocenters. The molecule has 27 heavy (non-hydrogen) atoms. The normalized spacial score (nSPS) is 16.9. The van der Waals surface area contributed by atoms with Gasteiger partial charge in [0.15, 0.2) is 11.5 Å². The second-order valence-electron chi connectivity index (χ2n) is 6.62. The molecule has 2 aromatic carbocycles. The van der Waals surface area contributed by atoms with Crippen molar-refractivity contribution >= 4 is 21.4 Å². The quantitative estimate of drug-likeness (QED) is 0.864. The molecule has 8 heteroatoms. The largest absolute Gasteiger partial charge is 0.486 e. The van der Waals surface area contributed by atoms with E-state index in [9.17, 15) is 12.8 Å². The summed E-state index contributed by atoms with van der Waals surface area (Å²) in [7, 11) is -3.90. The summed E-state index contributed by atoms with van der Waals surface area (Å²) < 4.78 is 53.0. The van der Waals surface area contributed by atoms with Crippen molar-refractivity contribution in [3.8, 4) is 11.5 Å². The number of nitrogens with zero attached hydrogens (tertiary/aromatic N) is 1. The van der Waals surface area contributed by atoms with E-state index in [4.69, 9.17) is 9.47 Å². The van der Waals surface area contributed by atoms with Crippen LogP contribution in [-0.4, -0.2) is 34.7 Å². The predicted octanol–water partition coefficient (Wildman–Crippen LogP) is 3.39. The van der Waals surface area contributed by atoms with Gasteiger partial charge in [0.2, 0.25) is 0 Å². The van der Waals surface area contributed by atoms with Crippen LogP contribution >= 0.6 is 0 Å².